The molecule has 3 heterocycles. The summed E-state index contributed by atoms with van der Waals surface area (Å²) in [6.07, 6.45) is 1.53. The number of hydrogen-bond acceptors (Lipinski definition) is 6. The van der Waals surface area contributed by atoms with Crippen molar-refractivity contribution in [1.82, 2.24) is 14.7 Å². The van der Waals surface area contributed by atoms with Gasteiger partial charge in [-0.15, -0.1) is 0 Å². The maximum absolute atomic E-state index is 15.1. The fourth-order valence-corrected chi connectivity index (χ4v) is 5.19. The summed E-state index contributed by atoms with van der Waals surface area (Å²) in [5, 5.41) is 7.79. The summed E-state index contributed by atoms with van der Waals surface area (Å²) in [4.78, 5) is 29.3. The van der Waals surface area contributed by atoms with Crippen LogP contribution in [0.15, 0.2) is 36.5 Å². The van der Waals surface area contributed by atoms with Gasteiger partial charge in [-0.1, -0.05) is 0 Å². The molecule has 2 aliphatic rings. The summed E-state index contributed by atoms with van der Waals surface area (Å²) in [5.74, 6) is 0.00583. The molecule has 9 nitrogen and oxygen atoms in total. The number of ether oxygens (including phenoxy) is 2. The second-order valence-corrected chi connectivity index (χ2v) is 10.8. The Hall–Kier alpha value is -3.82. The molecular formula is C27H32FN5O4. The zero-order chi connectivity index (χ0) is 26.5. The quantitative estimate of drug-likeness (QED) is 0.565. The van der Waals surface area contributed by atoms with Gasteiger partial charge in [0.2, 0.25) is 0 Å². The number of benzene rings is 2. The number of rotatable bonds is 4. The van der Waals surface area contributed by atoms with E-state index in [-0.39, 0.29) is 11.8 Å². The number of hydrogen-bond donors (Lipinski definition) is 1. The standard InChI is InChI=1S/C27H32FN5O4/c1-27(2,3)37-26(35)33-14-17-12-32(13-18(17)15-33)19-6-7-22(21(28)9-19)29-25(34)20-8-16-11-31(4)30-23(16)10-24(20)36-5/h6-11,17-18H,12-15H2,1-5H3,(H,29,34). The second kappa shape index (κ2) is 9.24. The largest absolute Gasteiger partial charge is 0.496 e. The van der Waals surface area contributed by atoms with Gasteiger partial charge >= 0.3 is 6.09 Å². The lowest BCUT2D eigenvalue weighted by Crippen LogP contribution is -2.37. The van der Waals surface area contributed by atoms with Crippen LogP contribution in [0.2, 0.25) is 0 Å². The number of nitrogens with one attached hydrogen (secondary N) is 1. The zero-order valence-electron chi connectivity index (χ0n) is 21.7. The van der Waals surface area contributed by atoms with Gasteiger partial charge in [0.15, 0.2) is 0 Å². The summed E-state index contributed by atoms with van der Waals surface area (Å²) in [5.41, 5.74) is 1.33. The second-order valence-electron chi connectivity index (χ2n) is 10.8. The van der Waals surface area contributed by atoms with E-state index >= 15 is 4.39 Å². The number of aryl methyl sites for hydroxylation is 1. The molecule has 0 saturated carbocycles. The van der Waals surface area contributed by atoms with Crippen molar-refractivity contribution in [3.63, 3.8) is 0 Å². The number of methoxy groups -OCH3 is 1. The number of halogens is 1. The van der Waals surface area contributed by atoms with Crippen molar-refractivity contribution in [2.45, 2.75) is 26.4 Å². The van der Waals surface area contributed by atoms with Gasteiger partial charge in [-0.2, -0.15) is 5.10 Å². The Morgan fingerprint density at radius 3 is 2.41 bits per heavy atom. The smallest absolute Gasteiger partial charge is 0.410 e. The Kier molecular flexibility index (Phi) is 6.21. The van der Waals surface area contributed by atoms with Crippen LogP contribution in [0.3, 0.4) is 0 Å². The summed E-state index contributed by atoms with van der Waals surface area (Å²) < 4.78 is 27.6. The molecule has 0 radical (unpaired) electrons. The predicted octanol–water partition coefficient (Wildman–Crippen LogP) is 4.28. The SMILES string of the molecule is COc1cc2nn(C)cc2cc1C(=O)Nc1ccc(N2CC3CN(C(=O)OC(C)(C)C)CC3C2)cc1F. The molecule has 10 heteroatoms. The molecule has 196 valence electrons. The number of nitrogens with zero attached hydrogens (tertiary/aromatic N) is 4. The number of likely N-dealkylation sites (tertiary alicyclic amines) is 1. The Bertz CT molecular complexity index is 1350. The molecule has 2 fully saturated rings. The number of amides is 2. The molecule has 37 heavy (non-hydrogen) atoms. The molecule has 2 unspecified atom stereocenters. The van der Waals surface area contributed by atoms with Gasteiger partial charge in [0.25, 0.3) is 5.91 Å². The average Bonchev–Trinajstić information content (AvgIpc) is 3.50. The van der Waals surface area contributed by atoms with Crippen molar-refractivity contribution in [2.75, 3.05) is 43.5 Å². The first-order valence-electron chi connectivity index (χ1n) is 12.4. The molecule has 2 atom stereocenters. The molecule has 1 aromatic heterocycles. The molecule has 2 aliphatic heterocycles. The molecular weight excluding hydrogens is 477 g/mol. The highest BCUT2D eigenvalue weighted by atomic mass is 19.1. The molecule has 2 saturated heterocycles. The molecule has 1 N–H and O–H groups in total. The van der Waals surface area contributed by atoms with Gasteiger partial charge in [-0.3, -0.25) is 9.48 Å². The molecule has 0 spiro atoms. The highest BCUT2D eigenvalue weighted by Gasteiger charge is 2.42. The number of anilines is 2. The van der Waals surface area contributed by atoms with Crippen molar-refractivity contribution < 1.29 is 23.5 Å². The van der Waals surface area contributed by atoms with E-state index in [2.05, 4.69) is 15.3 Å². The van der Waals surface area contributed by atoms with E-state index in [1.54, 1.807) is 41.0 Å². The third-order valence-electron chi connectivity index (χ3n) is 6.89. The van der Waals surface area contributed by atoms with Gasteiger partial charge < -0.3 is 24.6 Å². The third-order valence-corrected chi connectivity index (χ3v) is 6.89. The summed E-state index contributed by atoms with van der Waals surface area (Å²) in [7, 11) is 3.28. The predicted molar refractivity (Wildman–Crippen MR) is 139 cm³/mol. The maximum Gasteiger partial charge on any atom is 0.410 e. The van der Waals surface area contributed by atoms with Crippen LogP contribution in [0.4, 0.5) is 20.6 Å². The lowest BCUT2D eigenvalue weighted by molar-refractivity contribution is 0.0282. The van der Waals surface area contributed by atoms with Crippen LogP contribution in [-0.4, -0.2) is 65.6 Å². The van der Waals surface area contributed by atoms with Crippen LogP contribution in [-0.2, 0) is 11.8 Å². The topological polar surface area (TPSA) is 88.9 Å². The minimum absolute atomic E-state index is 0.0950. The number of carbonyl (C=O) groups is 2. The van der Waals surface area contributed by atoms with Gasteiger partial charge in [0.05, 0.1) is 23.9 Å². The van der Waals surface area contributed by atoms with E-state index in [0.29, 0.717) is 41.8 Å². The molecule has 2 aromatic carbocycles. The van der Waals surface area contributed by atoms with Crippen LogP contribution >= 0.6 is 0 Å². The third kappa shape index (κ3) is 5.05. The van der Waals surface area contributed by atoms with Crippen LogP contribution in [0, 0.1) is 17.7 Å². The first-order valence-corrected chi connectivity index (χ1v) is 12.4. The molecule has 3 aromatic rings. The van der Waals surface area contributed by atoms with Crippen LogP contribution in [0.25, 0.3) is 10.9 Å². The number of fused-ring (bicyclic) bond motifs is 2. The fourth-order valence-electron chi connectivity index (χ4n) is 5.19. The normalized spacial score (nSPS) is 19.3. The van der Waals surface area contributed by atoms with Crippen molar-refractivity contribution >= 4 is 34.3 Å². The van der Waals surface area contributed by atoms with Gasteiger partial charge in [0, 0.05) is 68.4 Å². The Balaban J connectivity index is 1.25. The monoisotopic (exact) mass is 509 g/mol. The first kappa shape index (κ1) is 24.9. The fraction of sp³-hybridized carbons (Fsp3) is 0.444. The molecule has 0 aliphatic carbocycles. The summed E-state index contributed by atoms with van der Waals surface area (Å²) >= 11 is 0. The summed E-state index contributed by atoms with van der Waals surface area (Å²) in [6.45, 7) is 8.32. The van der Waals surface area contributed by atoms with Crippen molar-refractivity contribution in [1.29, 1.82) is 0 Å². The lowest BCUT2D eigenvalue weighted by Gasteiger charge is -2.26. The summed E-state index contributed by atoms with van der Waals surface area (Å²) in [6, 6.07) is 8.22. The highest BCUT2D eigenvalue weighted by Crippen LogP contribution is 2.36. The van der Waals surface area contributed by atoms with Crippen molar-refractivity contribution in [3.05, 3.63) is 47.9 Å². The van der Waals surface area contributed by atoms with Crippen LogP contribution in [0.1, 0.15) is 31.1 Å². The van der Waals surface area contributed by atoms with Crippen LogP contribution < -0.4 is 15.0 Å². The zero-order valence-corrected chi connectivity index (χ0v) is 21.7. The van der Waals surface area contributed by atoms with Crippen molar-refractivity contribution in [2.24, 2.45) is 18.9 Å². The Morgan fingerprint density at radius 1 is 1.08 bits per heavy atom. The van der Waals surface area contributed by atoms with E-state index in [1.165, 1.54) is 13.2 Å². The van der Waals surface area contributed by atoms with Gasteiger partial charge in [-0.25, -0.2) is 9.18 Å². The van der Waals surface area contributed by atoms with Gasteiger partial charge in [0.1, 0.15) is 17.2 Å². The minimum Gasteiger partial charge on any atom is -0.496 e. The molecule has 2 amide bonds. The molecule has 0 bridgehead atoms. The van der Waals surface area contributed by atoms with E-state index in [1.807, 2.05) is 26.8 Å². The van der Waals surface area contributed by atoms with E-state index in [0.717, 1.165) is 24.2 Å². The van der Waals surface area contributed by atoms with Crippen molar-refractivity contribution in [3.8, 4) is 5.75 Å². The maximum atomic E-state index is 15.1. The first-order chi connectivity index (χ1) is 17.5. The lowest BCUT2D eigenvalue weighted by atomic mass is 10.0. The molecule has 5 rings (SSSR count). The van der Waals surface area contributed by atoms with E-state index in [4.69, 9.17) is 9.47 Å². The van der Waals surface area contributed by atoms with Crippen LogP contribution in [0.5, 0.6) is 5.75 Å². The number of carbonyl (C=O) groups excluding carboxylic acids is 2. The highest BCUT2D eigenvalue weighted by molar-refractivity contribution is 6.08. The Labute approximate surface area is 215 Å². The van der Waals surface area contributed by atoms with Gasteiger partial charge in [-0.05, 0) is 45.0 Å². The van der Waals surface area contributed by atoms with E-state index in [9.17, 15) is 9.59 Å². The average molecular weight is 510 g/mol. The van der Waals surface area contributed by atoms with E-state index < -0.39 is 17.3 Å². The minimum atomic E-state index is -0.522. The number of aromatic nitrogens is 2. The Morgan fingerprint density at radius 2 is 1.78 bits per heavy atom.